The van der Waals surface area contributed by atoms with E-state index >= 15 is 0 Å². The second-order valence-corrected chi connectivity index (χ2v) is 5.44. The average Bonchev–Trinajstić information content (AvgIpc) is 2.33. The molecule has 0 saturated heterocycles. The van der Waals surface area contributed by atoms with Crippen LogP contribution in [0.1, 0.15) is 54.4 Å². The van der Waals surface area contributed by atoms with E-state index < -0.39 is 0 Å². The van der Waals surface area contributed by atoms with Crippen LogP contribution in [0.15, 0.2) is 35.5 Å². The lowest BCUT2D eigenvalue weighted by Crippen LogP contribution is -2.19. The van der Waals surface area contributed by atoms with Crippen molar-refractivity contribution >= 4 is 0 Å². The molecule has 0 aromatic rings. The standard InChI is InChI=1S/C17H31N/c1-8-15(9-2)16(10-3)11-17(12(4)5)13(6)14(7)18/h10-12,14-15H,3,8-9,18H2,1-2,4-7H3/b16-11+,17-13-. The molecule has 1 unspecified atom stereocenters. The summed E-state index contributed by atoms with van der Waals surface area (Å²) in [5.41, 5.74) is 10.0. The Kier molecular flexibility index (Phi) is 7.93. The van der Waals surface area contributed by atoms with Crippen LogP contribution in [0.2, 0.25) is 0 Å². The van der Waals surface area contributed by atoms with E-state index in [9.17, 15) is 0 Å². The molecule has 2 N–H and O–H groups in total. The highest BCUT2D eigenvalue weighted by molar-refractivity contribution is 5.36. The highest BCUT2D eigenvalue weighted by Crippen LogP contribution is 2.26. The SMILES string of the molecule is C=C/C(=C\C(=C(/C)C(C)N)C(C)C)C(CC)CC. The molecule has 1 heteroatoms. The van der Waals surface area contributed by atoms with Crippen molar-refractivity contribution in [3.8, 4) is 0 Å². The molecule has 0 aliphatic heterocycles. The Morgan fingerprint density at radius 3 is 1.94 bits per heavy atom. The highest BCUT2D eigenvalue weighted by Gasteiger charge is 2.12. The summed E-state index contributed by atoms with van der Waals surface area (Å²) in [4.78, 5) is 0. The molecule has 104 valence electrons. The summed E-state index contributed by atoms with van der Waals surface area (Å²) in [6, 6.07) is 0.117. The first-order valence-corrected chi connectivity index (χ1v) is 7.19. The Hall–Kier alpha value is -0.820. The first kappa shape index (κ1) is 17.2. The maximum Gasteiger partial charge on any atom is 0.0227 e. The maximum atomic E-state index is 6.02. The molecule has 0 aromatic heterocycles. The zero-order valence-electron chi connectivity index (χ0n) is 13.1. The van der Waals surface area contributed by atoms with Gasteiger partial charge in [0.2, 0.25) is 0 Å². The third kappa shape index (κ3) is 4.81. The van der Waals surface area contributed by atoms with Gasteiger partial charge in [0.15, 0.2) is 0 Å². The number of nitrogens with two attached hydrogens (primary N) is 1. The van der Waals surface area contributed by atoms with E-state index in [1.807, 2.05) is 6.08 Å². The number of rotatable bonds is 7. The summed E-state index contributed by atoms with van der Waals surface area (Å²) < 4.78 is 0. The molecule has 0 amide bonds. The largest absolute Gasteiger partial charge is 0.324 e. The van der Waals surface area contributed by atoms with Crippen molar-refractivity contribution in [2.45, 2.75) is 60.4 Å². The van der Waals surface area contributed by atoms with Crippen LogP contribution < -0.4 is 5.73 Å². The van der Waals surface area contributed by atoms with Gasteiger partial charge in [-0.25, -0.2) is 0 Å². The van der Waals surface area contributed by atoms with E-state index in [2.05, 4.69) is 54.2 Å². The van der Waals surface area contributed by atoms with Gasteiger partial charge in [0.25, 0.3) is 0 Å². The molecule has 1 atom stereocenters. The van der Waals surface area contributed by atoms with Crippen LogP contribution in [0.5, 0.6) is 0 Å². The molecule has 0 heterocycles. The molecule has 0 spiro atoms. The fraction of sp³-hybridized carbons (Fsp3) is 0.647. The highest BCUT2D eigenvalue weighted by atomic mass is 14.6. The fourth-order valence-corrected chi connectivity index (χ4v) is 2.28. The van der Waals surface area contributed by atoms with Gasteiger partial charge in [-0.3, -0.25) is 0 Å². The molecule has 0 fully saturated rings. The maximum absolute atomic E-state index is 6.02. The third-order valence-corrected chi connectivity index (χ3v) is 3.78. The molecule has 0 radical (unpaired) electrons. The summed E-state index contributed by atoms with van der Waals surface area (Å²) >= 11 is 0. The van der Waals surface area contributed by atoms with Gasteiger partial charge in [-0.1, -0.05) is 52.0 Å². The first-order valence-electron chi connectivity index (χ1n) is 7.19. The van der Waals surface area contributed by atoms with Crippen molar-refractivity contribution in [2.24, 2.45) is 17.6 Å². The van der Waals surface area contributed by atoms with E-state index in [-0.39, 0.29) is 6.04 Å². The van der Waals surface area contributed by atoms with Gasteiger partial charge in [0.05, 0.1) is 0 Å². The van der Waals surface area contributed by atoms with Crippen LogP contribution in [0.3, 0.4) is 0 Å². The second-order valence-electron chi connectivity index (χ2n) is 5.44. The molecule has 0 rings (SSSR count). The second kappa shape index (κ2) is 8.31. The normalized spacial score (nSPS) is 15.9. The van der Waals surface area contributed by atoms with Crippen molar-refractivity contribution in [1.29, 1.82) is 0 Å². The third-order valence-electron chi connectivity index (χ3n) is 3.78. The number of hydrogen-bond donors (Lipinski definition) is 1. The van der Waals surface area contributed by atoms with Crippen LogP contribution in [0.25, 0.3) is 0 Å². The summed E-state index contributed by atoms with van der Waals surface area (Å²) in [6.45, 7) is 17.1. The minimum atomic E-state index is 0.117. The van der Waals surface area contributed by atoms with Crippen LogP contribution in [-0.2, 0) is 0 Å². The van der Waals surface area contributed by atoms with Gasteiger partial charge in [-0.2, -0.15) is 0 Å². The zero-order valence-corrected chi connectivity index (χ0v) is 13.1. The van der Waals surface area contributed by atoms with Gasteiger partial charge >= 0.3 is 0 Å². The Labute approximate surface area is 114 Å². The van der Waals surface area contributed by atoms with Crippen molar-refractivity contribution in [2.75, 3.05) is 0 Å². The summed E-state index contributed by atoms with van der Waals surface area (Å²) in [7, 11) is 0. The lowest BCUT2D eigenvalue weighted by atomic mass is 9.87. The van der Waals surface area contributed by atoms with Crippen LogP contribution in [-0.4, -0.2) is 6.04 Å². The van der Waals surface area contributed by atoms with Crippen LogP contribution in [0, 0.1) is 11.8 Å². The Morgan fingerprint density at radius 1 is 1.17 bits per heavy atom. The van der Waals surface area contributed by atoms with Crippen LogP contribution >= 0.6 is 0 Å². The van der Waals surface area contributed by atoms with Gasteiger partial charge in [-0.15, -0.1) is 0 Å². The van der Waals surface area contributed by atoms with Crippen LogP contribution in [0.4, 0.5) is 0 Å². The van der Waals surface area contributed by atoms with Gasteiger partial charge < -0.3 is 5.73 Å². The molecule has 0 bridgehead atoms. The quantitative estimate of drug-likeness (QED) is 0.641. The molecular formula is C17H31N. The zero-order chi connectivity index (χ0) is 14.3. The molecule has 0 saturated carbocycles. The lowest BCUT2D eigenvalue weighted by molar-refractivity contribution is 0.581. The van der Waals surface area contributed by atoms with E-state index in [0.717, 1.165) is 12.8 Å². The van der Waals surface area contributed by atoms with E-state index in [4.69, 9.17) is 5.73 Å². The summed E-state index contributed by atoms with van der Waals surface area (Å²) in [6.07, 6.45) is 6.65. The Balaban J connectivity index is 5.52. The minimum Gasteiger partial charge on any atom is -0.324 e. The Morgan fingerprint density at radius 2 is 1.67 bits per heavy atom. The molecule has 0 aliphatic carbocycles. The predicted molar refractivity (Wildman–Crippen MR) is 83.5 cm³/mol. The van der Waals surface area contributed by atoms with Crippen molar-refractivity contribution in [3.05, 3.63) is 35.5 Å². The smallest absolute Gasteiger partial charge is 0.0227 e. The molecule has 1 nitrogen and oxygen atoms in total. The topological polar surface area (TPSA) is 26.0 Å². The molecule has 0 aliphatic rings. The summed E-state index contributed by atoms with van der Waals surface area (Å²) in [5.74, 6) is 1.11. The molecular weight excluding hydrogens is 218 g/mol. The first-order chi connectivity index (χ1) is 8.38. The van der Waals surface area contributed by atoms with Crippen molar-refractivity contribution in [3.63, 3.8) is 0 Å². The van der Waals surface area contributed by atoms with Crippen molar-refractivity contribution < 1.29 is 0 Å². The number of hydrogen-bond acceptors (Lipinski definition) is 1. The average molecular weight is 249 g/mol. The van der Waals surface area contributed by atoms with Crippen molar-refractivity contribution in [1.82, 2.24) is 0 Å². The van der Waals surface area contributed by atoms with E-state index in [0.29, 0.717) is 11.8 Å². The molecule has 0 aromatic carbocycles. The van der Waals surface area contributed by atoms with E-state index in [1.54, 1.807) is 0 Å². The summed E-state index contributed by atoms with van der Waals surface area (Å²) in [5, 5.41) is 0. The van der Waals surface area contributed by atoms with Gasteiger partial charge in [0, 0.05) is 6.04 Å². The number of allylic oxidation sites excluding steroid dienone is 4. The monoisotopic (exact) mass is 249 g/mol. The predicted octanol–water partition coefficient (Wildman–Crippen LogP) is 4.85. The van der Waals surface area contributed by atoms with E-state index in [1.165, 1.54) is 16.7 Å². The lowest BCUT2D eigenvalue weighted by Gasteiger charge is -2.19. The molecule has 18 heavy (non-hydrogen) atoms. The van der Waals surface area contributed by atoms with Gasteiger partial charge in [-0.05, 0) is 49.7 Å². The minimum absolute atomic E-state index is 0.117. The fourth-order valence-electron chi connectivity index (χ4n) is 2.28. The van der Waals surface area contributed by atoms with Gasteiger partial charge in [0.1, 0.15) is 0 Å². The Bertz CT molecular complexity index is 315.